The second-order valence-corrected chi connectivity index (χ2v) is 7.14. The lowest BCUT2D eigenvalue weighted by molar-refractivity contribution is 0.0963. The van der Waals surface area contributed by atoms with E-state index in [1.807, 2.05) is 19.9 Å². The number of hydrogen-bond acceptors (Lipinski definition) is 3. The van der Waals surface area contributed by atoms with Gasteiger partial charge in [0, 0.05) is 12.6 Å². The number of halogens is 1. The molecular weight excluding hydrogens is 336 g/mol. The first kappa shape index (κ1) is 17.3. The molecule has 0 spiro atoms. The molecule has 0 radical (unpaired) electrons. The van der Waals surface area contributed by atoms with Crippen molar-refractivity contribution in [2.24, 2.45) is 0 Å². The van der Waals surface area contributed by atoms with Crippen molar-refractivity contribution in [3.63, 3.8) is 0 Å². The van der Waals surface area contributed by atoms with Crippen molar-refractivity contribution >= 4 is 33.2 Å². The second-order valence-electron chi connectivity index (χ2n) is 5.08. The van der Waals surface area contributed by atoms with Crippen LogP contribution in [-0.4, -0.2) is 21.4 Å². The number of rotatable bonds is 4. The summed E-state index contributed by atoms with van der Waals surface area (Å²) in [6, 6.07) is 9.46. The van der Waals surface area contributed by atoms with E-state index in [9.17, 15) is 13.2 Å². The van der Waals surface area contributed by atoms with Crippen LogP contribution in [0.1, 0.15) is 21.5 Å². The molecule has 0 heterocycles. The largest absolute Gasteiger partial charge is 0.355 e. The molecule has 2 rings (SSSR count). The number of sulfonamides is 1. The van der Waals surface area contributed by atoms with Gasteiger partial charge in [-0.1, -0.05) is 23.7 Å². The molecular formula is C16H17ClN2O3S. The highest BCUT2D eigenvalue weighted by atomic mass is 35.5. The maximum absolute atomic E-state index is 12.6. The molecule has 0 aliphatic rings. The van der Waals surface area contributed by atoms with Crippen LogP contribution in [0.15, 0.2) is 41.3 Å². The minimum atomic E-state index is -3.91. The lowest BCUT2D eigenvalue weighted by atomic mass is 10.1. The van der Waals surface area contributed by atoms with Gasteiger partial charge in [-0.15, -0.1) is 0 Å². The Morgan fingerprint density at radius 3 is 2.48 bits per heavy atom. The maximum atomic E-state index is 12.6. The third kappa shape index (κ3) is 3.65. The molecule has 0 unspecified atom stereocenters. The van der Waals surface area contributed by atoms with Crippen molar-refractivity contribution in [3.05, 3.63) is 58.1 Å². The standard InChI is InChI=1S/C16H17ClN2O3S/c1-10-5-4-6-14(11(10)2)19-23(21,22)15-9-12(16(20)18-3)7-8-13(15)17/h4-9,19H,1-3H3,(H,18,20). The number of carbonyl (C=O) groups is 1. The SMILES string of the molecule is CNC(=O)c1ccc(Cl)c(S(=O)(=O)Nc2cccc(C)c2C)c1. The number of amides is 1. The Balaban J connectivity index is 2.47. The number of nitrogens with one attached hydrogen (secondary N) is 2. The van der Waals surface area contributed by atoms with Crippen LogP contribution in [0.2, 0.25) is 5.02 Å². The van der Waals surface area contributed by atoms with Gasteiger partial charge in [-0.05, 0) is 49.2 Å². The summed E-state index contributed by atoms with van der Waals surface area (Å²) < 4.78 is 27.8. The molecule has 2 N–H and O–H groups in total. The fraction of sp³-hybridized carbons (Fsp3) is 0.188. The van der Waals surface area contributed by atoms with Gasteiger partial charge in [-0.3, -0.25) is 9.52 Å². The van der Waals surface area contributed by atoms with Crippen molar-refractivity contribution in [1.29, 1.82) is 0 Å². The van der Waals surface area contributed by atoms with Crippen molar-refractivity contribution < 1.29 is 13.2 Å². The average Bonchev–Trinajstić information content (AvgIpc) is 2.51. The topological polar surface area (TPSA) is 75.3 Å². The van der Waals surface area contributed by atoms with Crippen LogP contribution in [0, 0.1) is 13.8 Å². The molecule has 0 aliphatic heterocycles. The molecule has 0 aliphatic carbocycles. The van der Waals surface area contributed by atoms with Crippen LogP contribution in [-0.2, 0) is 10.0 Å². The second kappa shape index (κ2) is 6.60. The predicted octanol–water partition coefficient (Wildman–Crippen LogP) is 3.12. The van der Waals surface area contributed by atoms with Gasteiger partial charge in [-0.25, -0.2) is 8.42 Å². The number of aryl methyl sites for hydroxylation is 1. The van der Waals surface area contributed by atoms with E-state index < -0.39 is 10.0 Å². The summed E-state index contributed by atoms with van der Waals surface area (Å²) in [6.07, 6.45) is 0. The zero-order valence-corrected chi connectivity index (χ0v) is 14.5. The van der Waals surface area contributed by atoms with Crippen LogP contribution in [0.3, 0.4) is 0 Å². The van der Waals surface area contributed by atoms with Gasteiger partial charge >= 0.3 is 0 Å². The fourth-order valence-electron chi connectivity index (χ4n) is 2.06. The third-order valence-electron chi connectivity index (χ3n) is 3.56. The normalized spacial score (nSPS) is 11.1. The lowest BCUT2D eigenvalue weighted by Gasteiger charge is -2.13. The molecule has 0 aromatic heterocycles. The van der Waals surface area contributed by atoms with Crippen LogP contribution < -0.4 is 10.0 Å². The number of benzene rings is 2. The van der Waals surface area contributed by atoms with Gasteiger partial charge in [0.2, 0.25) is 0 Å². The van der Waals surface area contributed by atoms with Gasteiger partial charge in [-0.2, -0.15) is 0 Å². The Hall–Kier alpha value is -2.05. The highest BCUT2D eigenvalue weighted by molar-refractivity contribution is 7.92. The first-order valence-corrected chi connectivity index (χ1v) is 8.73. The summed E-state index contributed by atoms with van der Waals surface area (Å²) in [5.41, 5.74) is 2.50. The zero-order chi connectivity index (χ0) is 17.2. The monoisotopic (exact) mass is 352 g/mol. The van der Waals surface area contributed by atoms with Crippen molar-refractivity contribution in [2.45, 2.75) is 18.7 Å². The molecule has 0 bridgehead atoms. The van der Waals surface area contributed by atoms with E-state index in [0.29, 0.717) is 5.69 Å². The van der Waals surface area contributed by atoms with Gasteiger partial charge in [0.15, 0.2) is 0 Å². The molecule has 5 nitrogen and oxygen atoms in total. The van der Waals surface area contributed by atoms with E-state index in [2.05, 4.69) is 10.0 Å². The smallest absolute Gasteiger partial charge is 0.263 e. The minimum absolute atomic E-state index is 0.0514. The molecule has 122 valence electrons. The Morgan fingerprint density at radius 2 is 1.83 bits per heavy atom. The fourth-order valence-corrected chi connectivity index (χ4v) is 3.71. The van der Waals surface area contributed by atoms with Crippen molar-refractivity contribution in [2.75, 3.05) is 11.8 Å². The number of hydrogen-bond donors (Lipinski definition) is 2. The zero-order valence-electron chi connectivity index (χ0n) is 13.0. The van der Waals surface area contributed by atoms with Gasteiger partial charge in [0.1, 0.15) is 4.90 Å². The highest BCUT2D eigenvalue weighted by Crippen LogP contribution is 2.27. The molecule has 0 saturated heterocycles. The third-order valence-corrected chi connectivity index (χ3v) is 5.41. The van der Waals surface area contributed by atoms with Gasteiger partial charge < -0.3 is 5.32 Å². The Morgan fingerprint density at radius 1 is 1.13 bits per heavy atom. The molecule has 0 saturated carbocycles. The molecule has 7 heteroatoms. The summed E-state index contributed by atoms with van der Waals surface area (Å²) in [6.45, 7) is 3.72. The highest BCUT2D eigenvalue weighted by Gasteiger charge is 2.21. The minimum Gasteiger partial charge on any atom is -0.355 e. The first-order valence-electron chi connectivity index (χ1n) is 6.87. The van der Waals surface area contributed by atoms with Crippen LogP contribution >= 0.6 is 11.6 Å². The van der Waals surface area contributed by atoms with Crippen LogP contribution in [0.5, 0.6) is 0 Å². The van der Waals surface area contributed by atoms with E-state index in [-0.39, 0.29) is 21.4 Å². The van der Waals surface area contributed by atoms with E-state index in [1.54, 1.807) is 12.1 Å². The van der Waals surface area contributed by atoms with Crippen LogP contribution in [0.25, 0.3) is 0 Å². The van der Waals surface area contributed by atoms with E-state index >= 15 is 0 Å². The Kier molecular flexibility index (Phi) is 4.97. The van der Waals surface area contributed by atoms with Gasteiger partial charge in [0.25, 0.3) is 15.9 Å². The van der Waals surface area contributed by atoms with E-state index in [1.165, 1.54) is 25.2 Å². The van der Waals surface area contributed by atoms with Gasteiger partial charge in [0.05, 0.1) is 10.7 Å². The van der Waals surface area contributed by atoms with E-state index in [4.69, 9.17) is 11.6 Å². The lowest BCUT2D eigenvalue weighted by Crippen LogP contribution is -2.19. The number of anilines is 1. The summed E-state index contributed by atoms with van der Waals surface area (Å²) in [7, 11) is -2.44. The quantitative estimate of drug-likeness (QED) is 0.887. The predicted molar refractivity (Wildman–Crippen MR) is 91.6 cm³/mol. The molecule has 23 heavy (non-hydrogen) atoms. The van der Waals surface area contributed by atoms with Crippen molar-refractivity contribution in [3.8, 4) is 0 Å². The maximum Gasteiger partial charge on any atom is 0.263 e. The summed E-state index contributed by atoms with van der Waals surface area (Å²) >= 11 is 6.02. The molecule has 1 amide bonds. The summed E-state index contributed by atoms with van der Waals surface area (Å²) in [4.78, 5) is 11.6. The Bertz CT molecular complexity index is 864. The summed E-state index contributed by atoms with van der Waals surface area (Å²) in [5.74, 6) is -0.384. The molecule has 2 aromatic rings. The molecule has 2 aromatic carbocycles. The number of carbonyl (C=O) groups excluding carboxylic acids is 1. The Labute approximate surface area is 140 Å². The molecule has 0 fully saturated rings. The van der Waals surface area contributed by atoms with E-state index in [0.717, 1.165) is 11.1 Å². The van der Waals surface area contributed by atoms with Crippen LogP contribution in [0.4, 0.5) is 5.69 Å². The molecule has 0 atom stereocenters. The average molecular weight is 353 g/mol. The first-order chi connectivity index (χ1) is 10.8. The van der Waals surface area contributed by atoms with Crippen molar-refractivity contribution in [1.82, 2.24) is 5.32 Å². The summed E-state index contributed by atoms with van der Waals surface area (Å²) in [5, 5.41) is 2.50.